The first-order valence-corrected chi connectivity index (χ1v) is 4.58. The second-order valence-electron chi connectivity index (χ2n) is 3.24. The Kier molecular flexibility index (Phi) is 2.36. The highest BCUT2D eigenvalue weighted by Gasteiger charge is 2.20. The lowest BCUT2D eigenvalue weighted by Gasteiger charge is -2.26. The Morgan fingerprint density at radius 3 is 2.79 bits per heavy atom. The number of carbonyl (C=O) groups is 1. The highest BCUT2D eigenvalue weighted by molar-refractivity contribution is 5.97. The molecule has 1 fully saturated rings. The first kappa shape index (κ1) is 9.01. The van der Waals surface area contributed by atoms with Crippen LogP contribution in [0.2, 0.25) is 0 Å². The van der Waals surface area contributed by atoms with Gasteiger partial charge >= 0.3 is 0 Å². The summed E-state index contributed by atoms with van der Waals surface area (Å²) in [4.78, 5) is 13.6. The molecule has 6 nitrogen and oxygen atoms in total. The Balaban J connectivity index is 2.11. The van der Waals surface area contributed by atoms with Gasteiger partial charge in [0.2, 0.25) is 0 Å². The lowest BCUT2D eigenvalue weighted by Crippen LogP contribution is -2.46. The van der Waals surface area contributed by atoms with Crippen LogP contribution in [0.25, 0.3) is 0 Å². The van der Waals surface area contributed by atoms with E-state index in [9.17, 15) is 4.79 Å². The zero-order chi connectivity index (χ0) is 9.97. The number of piperazine rings is 1. The molecule has 0 aromatic carbocycles. The quantitative estimate of drug-likeness (QED) is 0.538. The topological polar surface area (TPSA) is 87.0 Å². The molecule has 0 radical (unpaired) electrons. The van der Waals surface area contributed by atoms with Crippen molar-refractivity contribution in [3.05, 3.63) is 11.9 Å². The van der Waals surface area contributed by atoms with Crippen molar-refractivity contribution in [1.29, 1.82) is 0 Å². The molecule has 2 heterocycles. The van der Waals surface area contributed by atoms with Gasteiger partial charge in [-0.1, -0.05) is 0 Å². The van der Waals surface area contributed by atoms with Crippen molar-refractivity contribution in [3.63, 3.8) is 0 Å². The largest absolute Gasteiger partial charge is 0.396 e. The van der Waals surface area contributed by atoms with Gasteiger partial charge in [-0.05, 0) is 0 Å². The van der Waals surface area contributed by atoms with Gasteiger partial charge in [0.25, 0.3) is 5.91 Å². The van der Waals surface area contributed by atoms with E-state index >= 15 is 0 Å². The predicted octanol–water partition coefficient (Wildman–Crippen LogP) is -0.963. The molecule has 1 aromatic heterocycles. The van der Waals surface area contributed by atoms with Crippen molar-refractivity contribution in [2.45, 2.75) is 0 Å². The number of nitrogen functional groups attached to an aromatic ring is 1. The van der Waals surface area contributed by atoms with E-state index < -0.39 is 0 Å². The van der Waals surface area contributed by atoms with Gasteiger partial charge in [-0.25, -0.2) is 0 Å². The summed E-state index contributed by atoms with van der Waals surface area (Å²) in [6, 6.07) is 0. The summed E-state index contributed by atoms with van der Waals surface area (Å²) in [6.07, 6.45) is 1.45. The molecule has 0 bridgehead atoms. The fourth-order valence-corrected chi connectivity index (χ4v) is 1.49. The van der Waals surface area contributed by atoms with Crippen LogP contribution in [0.3, 0.4) is 0 Å². The molecule has 0 atom stereocenters. The minimum atomic E-state index is -0.0681. The van der Waals surface area contributed by atoms with Gasteiger partial charge in [-0.2, -0.15) is 5.10 Å². The van der Waals surface area contributed by atoms with Crippen LogP contribution in [0.4, 0.5) is 5.69 Å². The molecule has 1 amide bonds. The minimum Gasteiger partial charge on any atom is -0.396 e. The summed E-state index contributed by atoms with van der Waals surface area (Å²) in [5.74, 6) is -0.0681. The van der Waals surface area contributed by atoms with Crippen molar-refractivity contribution in [1.82, 2.24) is 20.4 Å². The van der Waals surface area contributed by atoms with E-state index in [0.717, 1.165) is 26.2 Å². The van der Waals surface area contributed by atoms with Crippen LogP contribution in [0.15, 0.2) is 6.20 Å². The molecule has 0 saturated carbocycles. The SMILES string of the molecule is Nc1cn[nH]c1C(=O)N1CCNCC1. The molecule has 0 unspecified atom stereocenters. The van der Waals surface area contributed by atoms with E-state index in [1.54, 1.807) is 4.90 Å². The number of nitrogens with one attached hydrogen (secondary N) is 2. The zero-order valence-electron chi connectivity index (χ0n) is 7.79. The van der Waals surface area contributed by atoms with Gasteiger partial charge in [-0.3, -0.25) is 9.89 Å². The monoisotopic (exact) mass is 195 g/mol. The molecule has 0 aliphatic carbocycles. The molecule has 4 N–H and O–H groups in total. The number of nitrogens with two attached hydrogens (primary N) is 1. The summed E-state index contributed by atoms with van der Waals surface area (Å²) in [7, 11) is 0. The van der Waals surface area contributed by atoms with Crippen LogP contribution >= 0.6 is 0 Å². The summed E-state index contributed by atoms with van der Waals surface area (Å²) >= 11 is 0. The van der Waals surface area contributed by atoms with Crippen molar-refractivity contribution >= 4 is 11.6 Å². The van der Waals surface area contributed by atoms with Gasteiger partial charge in [0.05, 0.1) is 11.9 Å². The number of amides is 1. The molecule has 76 valence electrons. The minimum absolute atomic E-state index is 0.0681. The summed E-state index contributed by atoms with van der Waals surface area (Å²) in [5.41, 5.74) is 6.40. The third-order valence-corrected chi connectivity index (χ3v) is 2.29. The lowest BCUT2D eigenvalue weighted by atomic mass is 10.3. The van der Waals surface area contributed by atoms with E-state index in [-0.39, 0.29) is 5.91 Å². The first-order chi connectivity index (χ1) is 6.79. The number of H-pyrrole nitrogens is 1. The second kappa shape index (κ2) is 3.67. The molecule has 1 saturated heterocycles. The fourth-order valence-electron chi connectivity index (χ4n) is 1.49. The van der Waals surface area contributed by atoms with Crippen molar-refractivity contribution in [3.8, 4) is 0 Å². The molecular weight excluding hydrogens is 182 g/mol. The Hall–Kier alpha value is -1.56. The predicted molar refractivity (Wildman–Crippen MR) is 51.8 cm³/mol. The molecule has 0 spiro atoms. The number of aromatic amines is 1. The normalized spacial score (nSPS) is 17.0. The van der Waals surface area contributed by atoms with E-state index in [2.05, 4.69) is 15.5 Å². The number of anilines is 1. The third kappa shape index (κ3) is 1.56. The lowest BCUT2D eigenvalue weighted by molar-refractivity contribution is 0.0731. The molecule has 2 rings (SSSR count). The zero-order valence-corrected chi connectivity index (χ0v) is 7.79. The molecule has 1 aliphatic rings. The van der Waals surface area contributed by atoms with Gasteiger partial charge in [-0.15, -0.1) is 0 Å². The molecule has 1 aliphatic heterocycles. The van der Waals surface area contributed by atoms with Crippen molar-refractivity contribution < 1.29 is 4.79 Å². The maximum Gasteiger partial charge on any atom is 0.274 e. The highest BCUT2D eigenvalue weighted by Crippen LogP contribution is 2.09. The Bertz CT molecular complexity index is 328. The maximum atomic E-state index is 11.8. The van der Waals surface area contributed by atoms with E-state index in [1.807, 2.05) is 0 Å². The average molecular weight is 195 g/mol. The van der Waals surface area contributed by atoms with Gasteiger partial charge in [0, 0.05) is 26.2 Å². The third-order valence-electron chi connectivity index (χ3n) is 2.29. The number of rotatable bonds is 1. The second-order valence-corrected chi connectivity index (χ2v) is 3.24. The summed E-state index contributed by atoms with van der Waals surface area (Å²) in [6.45, 7) is 3.11. The summed E-state index contributed by atoms with van der Waals surface area (Å²) in [5, 5.41) is 9.52. The van der Waals surface area contributed by atoms with Crippen LogP contribution in [-0.4, -0.2) is 47.2 Å². The van der Waals surface area contributed by atoms with Crippen molar-refractivity contribution in [2.75, 3.05) is 31.9 Å². The highest BCUT2D eigenvalue weighted by atomic mass is 16.2. The molecule has 6 heteroatoms. The molecule has 1 aromatic rings. The number of aromatic nitrogens is 2. The number of nitrogens with zero attached hydrogens (tertiary/aromatic N) is 2. The number of hydrogen-bond acceptors (Lipinski definition) is 4. The smallest absolute Gasteiger partial charge is 0.274 e. The Morgan fingerprint density at radius 1 is 1.50 bits per heavy atom. The van der Waals surface area contributed by atoms with Gasteiger partial charge in [0.1, 0.15) is 5.69 Å². The van der Waals surface area contributed by atoms with Crippen LogP contribution in [-0.2, 0) is 0 Å². The van der Waals surface area contributed by atoms with Gasteiger partial charge < -0.3 is 16.0 Å². The number of carbonyl (C=O) groups excluding carboxylic acids is 1. The van der Waals surface area contributed by atoms with Crippen LogP contribution in [0.1, 0.15) is 10.5 Å². The number of hydrogen-bond donors (Lipinski definition) is 3. The van der Waals surface area contributed by atoms with Crippen molar-refractivity contribution in [2.24, 2.45) is 0 Å². The average Bonchev–Trinajstić information content (AvgIpc) is 2.65. The Morgan fingerprint density at radius 2 is 2.21 bits per heavy atom. The van der Waals surface area contributed by atoms with E-state index in [0.29, 0.717) is 11.4 Å². The van der Waals surface area contributed by atoms with Crippen LogP contribution < -0.4 is 11.1 Å². The van der Waals surface area contributed by atoms with E-state index in [1.165, 1.54) is 6.20 Å². The maximum absolute atomic E-state index is 11.8. The van der Waals surface area contributed by atoms with Crippen LogP contribution in [0.5, 0.6) is 0 Å². The van der Waals surface area contributed by atoms with Crippen LogP contribution in [0, 0.1) is 0 Å². The first-order valence-electron chi connectivity index (χ1n) is 4.58. The fraction of sp³-hybridized carbons (Fsp3) is 0.500. The van der Waals surface area contributed by atoms with E-state index in [4.69, 9.17) is 5.73 Å². The molecular formula is C8H13N5O. The Labute approximate surface area is 81.5 Å². The summed E-state index contributed by atoms with van der Waals surface area (Å²) < 4.78 is 0. The van der Waals surface area contributed by atoms with Gasteiger partial charge in [0.15, 0.2) is 0 Å². The standard InChI is InChI=1S/C8H13N5O/c9-6-5-11-12-7(6)8(14)13-3-1-10-2-4-13/h5,10H,1-4,9H2,(H,11,12). The molecule has 14 heavy (non-hydrogen) atoms.